The minimum Gasteiger partial charge on any atom is -0.462 e. The second kappa shape index (κ2) is 7.30. The summed E-state index contributed by atoms with van der Waals surface area (Å²) < 4.78 is 24.1. The van der Waals surface area contributed by atoms with Crippen LogP contribution in [0.25, 0.3) is 0 Å². The summed E-state index contributed by atoms with van der Waals surface area (Å²) in [5.41, 5.74) is 0. The first kappa shape index (κ1) is 18.7. The van der Waals surface area contributed by atoms with Gasteiger partial charge in [-0.1, -0.05) is 18.2 Å². The first-order valence-corrected chi connectivity index (χ1v) is 9.01. The Bertz CT molecular complexity index is 537. The van der Waals surface area contributed by atoms with Gasteiger partial charge in [0.1, 0.15) is 11.8 Å². The average molecular weight is 327 g/mol. The number of carbonyl (C=O) groups excluding carboxylic acids is 1. The van der Waals surface area contributed by atoms with E-state index in [1.807, 2.05) is 26.8 Å². The Hall–Kier alpha value is -1.32. The van der Waals surface area contributed by atoms with E-state index < -0.39 is 24.7 Å². The Morgan fingerprint density at radius 3 is 2.14 bits per heavy atom. The van der Waals surface area contributed by atoms with Gasteiger partial charge in [0.25, 0.3) is 0 Å². The molecule has 0 fully saturated rings. The molecule has 124 valence electrons. The van der Waals surface area contributed by atoms with E-state index in [2.05, 4.69) is 5.09 Å². The van der Waals surface area contributed by atoms with Crippen LogP contribution in [0.3, 0.4) is 0 Å². The van der Waals surface area contributed by atoms with Crippen LogP contribution in [0.4, 0.5) is 0 Å². The van der Waals surface area contributed by atoms with Crippen molar-refractivity contribution >= 4 is 13.5 Å². The molecule has 5 nitrogen and oxygen atoms in total. The summed E-state index contributed by atoms with van der Waals surface area (Å²) in [7, 11) is -3.33. The molecule has 1 aromatic rings. The molecule has 0 spiro atoms. The third-order valence-electron chi connectivity index (χ3n) is 2.93. The summed E-state index contributed by atoms with van der Waals surface area (Å²) in [5, 5.41) is 2.17. The second-order valence-corrected chi connectivity index (χ2v) is 9.35. The molecular formula is C16H26NO4P. The summed E-state index contributed by atoms with van der Waals surface area (Å²) in [5.74, 6) is 0.0498. The molecule has 0 heterocycles. The van der Waals surface area contributed by atoms with Gasteiger partial charge in [0.15, 0.2) is 0 Å². The SMILES string of the molecule is CC(C)OC(=O)[C@H](C)N[P@](=O)(Oc1ccccc1)C(C)(C)C. The Kier molecular flexibility index (Phi) is 6.21. The van der Waals surface area contributed by atoms with Gasteiger partial charge < -0.3 is 9.26 Å². The Balaban J connectivity index is 2.94. The highest BCUT2D eigenvalue weighted by Crippen LogP contribution is 2.55. The molecule has 0 saturated heterocycles. The maximum absolute atomic E-state index is 13.3. The first-order valence-electron chi connectivity index (χ1n) is 7.38. The minimum atomic E-state index is -3.33. The summed E-state index contributed by atoms with van der Waals surface area (Å²) in [6.45, 7) is 10.6. The highest BCUT2D eigenvalue weighted by atomic mass is 31.2. The number of nitrogens with one attached hydrogen (secondary N) is 1. The molecular weight excluding hydrogens is 301 g/mol. The lowest BCUT2D eigenvalue weighted by Crippen LogP contribution is -2.40. The normalized spacial score (nSPS) is 16.0. The number of para-hydroxylation sites is 1. The van der Waals surface area contributed by atoms with Crippen LogP contribution in [-0.4, -0.2) is 23.3 Å². The largest absolute Gasteiger partial charge is 0.462 e. The molecule has 1 rings (SSSR count). The molecule has 0 aromatic heterocycles. The Morgan fingerprint density at radius 2 is 1.68 bits per heavy atom. The topological polar surface area (TPSA) is 64.6 Å². The van der Waals surface area contributed by atoms with E-state index in [9.17, 15) is 9.36 Å². The van der Waals surface area contributed by atoms with Crippen molar-refractivity contribution in [3.63, 3.8) is 0 Å². The number of carbonyl (C=O) groups is 1. The maximum atomic E-state index is 13.3. The fourth-order valence-electron chi connectivity index (χ4n) is 1.63. The van der Waals surface area contributed by atoms with Gasteiger partial charge in [0.05, 0.1) is 11.3 Å². The van der Waals surface area contributed by atoms with E-state index >= 15 is 0 Å². The lowest BCUT2D eigenvalue weighted by atomic mass is 10.3. The zero-order valence-electron chi connectivity index (χ0n) is 14.1. The van der Waals surface area contributed by atoms with E-state index in [1.54, 1.807) is 45.0 Å². The third-order valence-corrected chi connectivity index (χ3v) is 5.89. The van der Waals surface area contributed by atoms with Crippen LogP contribution in [-0.2, 0) is 14.1 Å². The van der Waals surface area contributed by atoms with Crippen molar-refractivity contribution in [3.8, 4) is 5.75 Å². The molecule has 22 heavy (non-hydrogen) atoms. The smallest absolute Gasteiger partial charge is 0.323 e. The average Bonchev–Trinajstić information content (AvgIpc) is 2.37. The van der Waals surface area contributed by atoms with Crippen LogP contribution >= 0.6 is 7.52 Å². The van der Waals surface area contributed by atoms with Gasteiger partial charge in [0.2, 0.25) is 0 Å². The summed E-state index contributed by atoms with van der Waals surface area (Å²) >= 11 is 0. The number of benzene rings is 1. The van der Waals surface area contributed by atoms with Gasteiger partial charge in [-0.05, 0) is 53.7 Å². The second-order valence-electron chi connectivity index (χ2n) is 6.46. The van der Waals surface area contributed by atoms with Crippen LogP contribution in [0.15, 0.2) is 30.3 Å². The van der Waals surface area contributed by atoms with Crippen LogP contribution < -0.4 is 9.61 Å². The number of esters is 1. The summed E-state index contributed by atoms with van der Waals surface area (Å²) in [6.07, 6.45) is -0.221. The van der Waals surface area contributed by atoms with Crippen molar-refractivity contribution in [2.75, 3.05) is 0 Å². The quantitative estimate of drug-likeness (QED) is 0.632. The number of hydrogen-bond acceptors (Lipinski definition) is 4. The molecule has 0 amide bonds. The Labute approximate surface area is 132 Å². The van der Waals surface area contributed by atoms with Crippen molar-refractivity contribution in [1.82, 2.24) is 5.09 Å². The summed E-state index contributed by atoms with van der Waals surface area (Å²) in [6, 6.07) is 8.20. The first-order chi connectivity index (χ1) is 10.0. The zero-order chi connectivity index (χ0) is 17.0. The van der Waals surface area contributed by atoms with Crippen molar-refractivity contribution in [2.24, 2.45) is 0 Å². The van der Waals surface area contributed by atoms with Gasteiger partial charge in [-0.15, -0.1) is 0 Å². The lowest BCUT2D eigenvalue weighted by Gasteiger charge is -2.33. The molecule has 0 aliphatic carbocycles. The number of hydrogen-bond donors (Lipinski definition) is 1. The van der Waals surface area contributed by atoms with Gasteiger partial charge in [0, 0.05) is 0 Å². The fraction of sp³-hybridized carbons (Fsp3) is 0.562. The van der Waals surface area contributed by atoms with E-state index in [4.69, 9.17) is 9.26 Å². The van der Waals surface area contributed by atoms with Crippen LogP contribution in [0, 0.1) is 0 Å². The third kappa shape index (κ3) is 5.15. The van der Waals surface area contributed by atoms with Gasteiger partial charge in [-0.3, -0.25) is 9.36 Å². The molecule has 0 radical (unpaired) electrons. The van der Waals surface area contributed by atoms with Crippen LogP contribution in [0.1, 0.15) is 41.5 Å². The Morgan fingerprint density at radius 1 is 1.14 bits per heavy atom. The zero-order valence-corrected chi connectivity index (χ0v) is 15.0. The summed E-state index contributed by atoms with van der Waals surface area (Å²) in [4.78, 5) is 11.9. The molecule has 0 unspecified atom stereocenters. The maximum Gasteiger partial charge on any atom is 0.323 e. The molecule has 1 N–H and O–H groups in total. The minimum absolute atomic E-state index is 0.221. The van der Waals surface area contributed by atoms with E-state index in [1.165, 1.54) is 0 Å². The van der Waals surface area contributed by atoms with Crippen molar-refractivity contribution in [2.45, 2.75) is 58.8 Å². The van der Waals surface area contributed by atoms with Gasteiger partial charge >= 0.3 is 13.5 Å². The predicted molar refractivity (Wildman–Crippen MR) is 88.3 cm³/mol. The molecule has 0 aliphatic rings. The predicted octanol–water partition coefficient (Wildman–Crippen LogP) is 3.99. The van der Waals surface area contributed by atoms with Crippen LogP contribution in [0.2, 0.25) is 0 Å². The van der Waals surface area contributed by atoms with E-state index in [-0.39, 0.29) is 6.10 Å². The highest BCUT2D eigenvalue weighted by Gasteiger charge is 2.42. The molecule has 0 saturated carbocycles. The van der Waals surface area contributed by atoms with Crippen molar-refractivity contribution in [3.05, 3.63) is 30.3 Å². The highest BCUT2D eigenvalue weighted by molar-refractivity contribution is 7.59. The van der Waals surface area contributed by atoms with Gasteiger partial charge in [-0.25, -0.2) is 5.09 Å². The van der Waals surface area contributed by atoms with E-state index in [0.29, 0.717) is 5.75 Å². The molecule has 6 heteroatoms. The molecule has 0 aliphatic heterocycles. The number of ether oxygens (including phenoxy) is 1. The molecule has 1 aromatic carbocycles. The fourth-order valence-corrected chi connectivity index (χ4v) is 3.38. The van der Waals surface area contributed by atoms with Crippen LogP contribution in [0.5, 0.6) is 5.75 Å². The monoisotopic (exact) mass is 327 g/mol. The standard InChI is InChI=1S/C16H26NO4P/c1-12(2)20-15(18)13(3)17-22(19,16(4,5)6)21-14-10-8-7-9-11-14/h7-13H,1-6H3,(H,17,19)/t13-,22+/m0/s1. The lowest BCUT2D eigenvalue weighted by molar-refractivity contribution is -0.149. The van der Waals surface area contributed by atoms with Gasteiger partial charge in [-0.2, -0.15) is 0 Å². The van der Waals surface area contributed by atoms with Crippen molar-refractivity contribution < 1.29 is 18.6 Å². The van der Waals surface area contributed by atoms with Crippen molar-refractivity contribution in [1.29, 1.82) is 0 Å². The molecule has 0 bridgehead atoms. The van der Waals surface area contributed by atoms with E-state index in [0.717, 1.165) is 0 Å². The number of rotatable bonds is 6. The molecule has 2 atom stereocenters.